The van der Waals surface area contributed by atoms with Gasteiger partial charge in [0, 0.05) is 23.3 Å². The maximum atomic E-state index is 13.3. The SMILES string of the molecule is COc1cc(CCC(=O)N[C@H](CO)Cc2ccccc2)cc2c(C(=O)OCCOCCCl)c(-c3ccccc3)oc12. The molecule has 0 fully saturated rings. The first-order chi connectivity index (χ1) is 20.0. The minimum atomic E-state index is -0.555. The summed E-state index contributed by atoms with van der Waals surface area (Å²) in [6.45, 7) is 0.475. The maximum absolute atomic E-state index is 13.3. The monoisotopic (exact) mass is 579 g/mol. The van der Waals surface area contributed by atoms with E-state index in [1.165, 1.54) is 7.11 Å². The Labute approximate surface area is 244 Å². The molecule has 9 heteroatoms. The molecule has 4 rings (SSSR count). The number of methoxy groups -OCH3 is 1. The summed E-state index contributed by atoms with van der Waals surface area (Å²) in [5, 5.41) is 13.2. The second-order valence-electron chi connectivity index (χ2n) is 9.42. The van der Waals surface area contributed by atoms with Gasteiger partial charge in [0.2, 0.25) is 5.91 Å². The van der Waals surface area contributed by atoms with E-state index in [0.717, 1.165) is 11.1 Å². The summed E-state index contributed by atoms with van der Waals surface area (Å²) in [5.41, 5.74) is 3.21. The number of amides is 1. The number of carbonyl (C=O) groups excluding carboxylic acids is 2. The highest BCUT2D eigenvalue weighted by Crippen LogP contribution is 2.39. The lowest BCUT2D eigenvalue weighted by molar-refractivity contribution is -0.122. The number of furan rings is 1. The van der Waals surface area contributed by atoms with E-state index >= 15 is 0 Å². The third-order valence-corrected chi connectivity index (χ3v) is 6.66. The third kappa shape index (κ3) is 8.10. The molecule has 0 saturated carbocycles. The molecule has 0 bridgehead atoms. The number of hydrogen-bond acceptors (Lipinski definition) is 7. The number of aryl methyl sites for hydroxylation is 1. The molecule has 0 aliphatic carbocycles. The predicted molar refractivity (Wildman–Crippen MR) is 158 cm³/mol. The van der Waals surface area contributed by atoms with Crippen molar-refractivity contribution in [2.75, 3.05) is 39.4 Å². The van der Waals surface area contributed by atoms with Gasteiger partial charge in [-0.3, -0.25) is 4.79 Å². The van der Waals surface area contributed by atoms with Crippen molar-refractivity contribution in [3.63, 3.8) is 0 Å². The van der Waals surface area contributed by atoms with E-state index in [2.05, 4.69) is 5.32 Å². The lowest BCUT2D eigenvalue weighted by atomic mass is 10.0. The van der Waals surface area contributed by atoms with Crippen LogP contribution >= 0.6 is 11.6 Å². The fourth-order valence-corrected chi connectivity index (χ4v) is 4.67. The van der Waals surface area contributed by atoms with Crippen molar-refractivity contribution in [2.45, 2.75) is 25.3 Å². The summed E-state index contributed by atoms with van der Waals surface area (Å²) in [5.74, 6) is 0.421. The molecule has 2 N–H and O–H groups in total. The molecule has 1 amide bonds. The van der Waals surface area contributed by atoms with Crippen LogP contribution in [0.3, 0.4) is 0 Å². The van der Waals surface area contributed by atoms with E-state index in [9.17, 15) is 14.7 Å². The highest BCUT2D eigenvalue weighted by atomic mass is 35.5. The van der Waals surface area contributed by atoms with Gasteiger partial charge in [-0.05, 0) is 36.1 Å². The Balaban J connectivity index is 1.56. The molecule has 4 aromatic rings. The largest absolute Gasteiger partial charge is 0.493 e. The van der Waals surface area contributed by atoms with Gasteiger partial charge in [-0.1, -0.05) is 60.7 Å². The van der Waals surface area contributed by atoms with Crippen molar-refractivity contribution in [1.29, 1.82) is 0 Å². The van der Waals surface area contributed by atoms with Gasteiger partial charge in [-0.2, -0.15) is 0 Å². The van der Waals surface area contributed by atoms with Crippen molar-refractivity contribution >= 4 is 34.4 Å². The summed E-state index contributed by atoms with van der Waals surface area (Å²) >= 11 is 5.64. The minimum absolute atomic E-state index is 0.0582. The molecule has 1 heterocycles. The van der Waals surface area contributed by atoms with E-state index in [4.69, 9.17) is 30.2 Å². The fraction of sp³-hybridized carbons (Fsp3) is 0.312. The Bertz CT molecular complexity index is 1420. The standard InChI is InChI=1S/C32H34ClNO7/c1-38-27-20-23(12-13-28(36)34-25(21-35)18-22-8-4-2-5-9-22)19-26-29(32(37)40-17-16-39-15-14-33)30(41-31(26)27)24-10-6-3-7-11-24/h2-11,19-20,25,35H,12-18,21H2,1H3,(H,34,36)/t25-/m0/s1. The fourth-order valence-electron chi connectivity index (χ4n) is 4.56. The van der Waals surface area contributed by atoms with Crippen molar-refractivity contribution in [3.8, 4) is 17.1 Å². The summed E-state index contributed by atoms with van der Waals surface area (Å²) in [6.07, 6.45) is 1.10. The summed E-state index contributed by atoms with van der Waals surface area (Å²) in [4.78, 5) is 26.1. The van der Waals surface area contributed by atoms with Crippen LogP contribution in [0.4, 0.5) is 0 Å². The minimum Gasteiger partial charge on any atom is -0.493 e. The van der Waals surface area contributed by atoms with Gasteiger partial charge in [0.1, 0.15) is 17.9 Å². The van der Waals surface area contributed by atoms with E-state index in [0.29, 0.717) is 53.4 Å². The average Bonchev–Trinajstić information content (AvgIpc) is 3.39. The van der Waals surface area contributed by atoms with Gasteiger partial charge >= 0.3 is 5.97 Å². The number of ether oxygens (including phenoxy) is 3. The first-order valence-electron chi connectivity index (χ1n) is 13.5. The third-order valence-electron chi connectivity index (χ3n) is 6.51. The molecule has 0 aliphatic heterocycles. The Morgan fingerprint density at radius 2 is 1.71 bits per heavy atom. The number of esters is 1. The number of rotatable bonds is 15. The molecule has 1 aromatic heterocycles. The Kier molecular flexibility index (Phi) is 11.2. The number of alkyl halides is 1. The van der Waals surface area contributed by atoms with Gasteiger partial charge < -0.3 is 29.1 Å². The lowest BCUT2D eigenvalue weighted by Crippen LogP contribution is -2.39. The number of aliphatic hydroxyl groups excluding tert-OH is 1. The van der Waals surface area contributed by atoms with Crippen LogP contribution in [0.2, 0.25) is 0 Å². The molecule has 41 heavy (non-hydrogen) atoms. The predicted octanol–water partition coefficient (Wildman–Crippen LogP) is 5.17. The van der Waals surface area contributed by atoms with E-state index in [1.807, 2.05) is 66.7 Å². The molecular formula is C32H34ClNO7. The summed E-state index contributed by atoms with van der Waals surface area (Å²) in [6, 6.07) is 22.2. The Hall–Kier alpha value is -3.85. The molecule has 216 valence electrons. The molecule has 3 aromatic carbocycles. The number of carbonyl (C=O) groups is 2. The van der Waals surface area contributed by atoms with Crippen LogP contribution in [0.1, 0.15) is 27.9 Å². The molecule has 0 saturated heterocycles. The Morgan fingerprint density at radius 3 is 2.39 bits per heavy atom. The zero-order valence-corrected chi connectivity index (χ0v) is 23.7. The second kappa shape index (κ2) is 15.2. The van der Waals surface area contributed by atoms with E-state index < -0.39 is 5.97 Å². The number of hydrogen-bond donors (Lipinski definition) is 2. The van der Waals surface area contributed by atoms with Gasteiger partial charge in [0.15, 0.2) is 11.3 Å². The van der Waals surface area contributed by atoms with Crippen LogP contribution in [-0.4, -0.2) is 62.4 Å². The van der Waals surface area contributed by atoms with Crippen LogP contribution in [0.5, 0.6) is 5.75 Å². The van der Waals surface area contributed by atoms with Gasteiger partial charge in [-0.25, -0.2) is 4.79 Å². The first-order valence-corrected chi connectivity index (χ1v) is 14.0. The Morgan fingerprint density at radius 1 is 0.976 bits per heavy atom. The molecule has 0 radical (unpaired) electrons. The zero-order chi connectivity index (χ0) is 29.0. The number of nitrogens with one attached hydrogen (secondary N) is 1. The zero-order valence-electron chi connectivity index (χ0n) is 22.9. The van der Waals surface area contributed by atoms with Crippen molar-refractivity contribution < 1.29 is 33.3 Å². The molecule has 0 aliphatic rings. The van der Waals surface area contributed by atoms with E-state index in [1.54, 1.807) is 6.07 Å². The van der Waals surface area contributed by atoms with Gasteiger partial charge in [-0.15, -0.1) is 11.6 Å². The van der Waals surface area contributed by atoms with Gasteiger partial charge in [0.05, 0.1) is 33.0 Å². The van der Waals surface area contributed by atoms with Crippen LogP contribution in [0.25, 0.3) is 22.3 Å². The highest BCUT2D eigenvalue weighted by Gasteiger charge is 2.26. The number of benzene rings is 3. The summed E-state index contributed by atoms with van der Waals surface area (Å²) < 4.78 is 22.7. The lowest BCUT2D eigenvalue weighted by Gasteiger charge is -2.16. The van der Waals surface area contributed by atoms with Crippen molar-refractivity contribution in [1.82, 2.24) is 5.32 Å². The highest BCUT2D eigenvalue weighted by molar-refractivity contribution is 6.18. The summed E-state index contributed by atoms with van der Waals surface area (Å²) in [7, 11) is 1.53. The molecule has 0 unspecified atom stereocenters. The van der Waals surface area contributed by atoms with Gasteiger partial charge in [0.25, 0.3) is 0 Å². The molecule has 1 atom stereocenters. The molecular weight excluding hydrogens is 546 g/mol. The number of fused-ring (bicyclic) bond motifs is 1. The molecule has 8 nitrogen and oxygen atoms in total. The normalized spacial score (nSPS) is 11.8. The quantitative estimate of drug-likeness (QED) is 0.114. The number of aliphatic hydroxyl groups is 1. The van der Waals surface area contributed by atoms with Crippen LogP contribution in [0.15, 0.2) is 77.2 Å². The second-order valence-corrected chi connectivity index (χ2v) is 9.80. The maximum Gasteiger partial charge on any atom is 0.342 e. The van der Waals surface area contributed by atoms with Crippen molar-refractivity contribution in [2.24, 2.45) is 0 Å². The number of halogens is 1. The molecule has 0 spiro atoms. The van der Waals surface area contributed by atoms with Crippen molar-refractivity contribution in [3.05, 3.63) is 89.5 Å². The van der Waals surface area contributed by atoms with Crippen LogP contribution in [0, 0.1) is 0 Å². The smallest absolute Gasteiger partial charge is 0.342 e. The topological polar surface area (TPSA) is 107 Å². The van der Waals surface area contributed by atoms with Crippen LogP contribution < -0.4 is 10.1 Å². The van der Waals surface area contributed by atoms with E-state index in [-0.39, 0.29) is 43.8 Å². The van der Waals surface area contributed by atoms with Crippen LogP contribution in [-0.2, 0) is 27.1 Å². The average molecular weight is 580 g/mol. The first kappa shape index (κ1) is 30.1.